The van der Waals surface area contributed by atoms with Gasteiger partial charge in [-0.25, -0.2) is 0 Å². The summed E-state index contributed by atoms with van der Waals surface area (Å²) in [5.41, 5.74) is 7.46. The lowest BCUT2D eigenvalue weighted by atomic mass is 10.0. The molecule has 0 saturated heterocycles. The van der Waals surface area contributed by atoms with E-state index in [1.165, 1.54) is 0 Å². The van der Waals surface area contributed by atoms with Crippen molar-refractivity contribution < 1.29 is 9.59 Å². The van der Waals surface area contributed by atoms with Gasteiger partial charge < -0.3 is 5.73 Å². The summed E-state index contributed by atoms with van der Waals surface area (Å²) in [6.07, 6.45) is 0. The van der Waals surface area contributed by atoms with E-state index in [0.29, 0.717) is 11.4 Å². The number of benzene rings is 5. The first-order chi connectivity index (χ1) is 15.6. The van der Waals surface area contributed by atoms with Crippen LogP contribution >= 0.6 is 0 Å². The van der Waals surface area contributed by atoms with E-state index in [2.05, 4.69) is 0 Å². The van der Waals surface area contributed by atoms with Crippen LogP contribution in [0.2, 0.25) is 0 Å². The molecule has 154 valence electrons. The number of rotatable bonds is 4. The van der Waals surface area contributed by atoms with Gasteiger partial charge in [0.2, 0.25) is 5.91 Å². The summed E-state index contributed by atoms with van der Waals surface area (Å²) in [5, 5.41) is 4.21. The van der Waals surface area contributed by atoms with Crippen molar-refractivity contribution in [3.63, 3.8) is 0 Å². The molecule has 0 atom stereocenters. The monoisotopic (exact) mass is 416 g/mol. The Balaban J connectivity index is 1.72. The third-order valence-electron chi connectivity index (χ3n) is 5.61. The molecule has 0 heterocycles. The highest BCUT2D eigenvalue weighted by Gasteiger charge is 2.24. The molecule has 4 nitrogen and oxygen atoms in total. The number of carbonyl (C=O) groups is 2. The van der Waals surface area contributed by atoms with Crippen molar-refractivity contribution in [2.24, 2.45) is 5.73 Å². The fraction of sp³-hybridized carbons (Fsp3) is 0. The first-order valence-electron chi connectivity index (χ1n) is 10.3. The number of nitrogens with zero attached hydrogens (tertiary/aromatic N) is 1. The average Bonchev–Trinajstić information content (AvgIpc) is 2.84. The molecule has 0 aromatic heterocycles. The van der Waals surface area contributed by atoms with Gasteiger partial charge >= 0.3 is 0 Å². The van der Waals surface area contributed by atoms with E-state index in [1.807, 2.05) is 84.9 Å². The van der Waals surface area contributed by atoms with Crippen molar-refractivity contribution in [3.8, 4) is 0 Å². The number of fused-ring (bicyclic) bond motifs is 2. The SMILES string of the molecule is NC(=O)c1ccccc1C(=O)N(c1ccc2ccccc2c1)c1ccc2ccccc2c1. The number of primary amides is 1. The Morgan fingerprint density at radius 3 is 1.47 bits per heavy atom. The lowest BCUT2D eigenvalue weighted by Gasteiger charge is -2.25. The Labute approximate surface area is 185 Å². The lowest BCUT2D eigenvalue weighted by molar-refractivity contribution is 0.0967. The molecule has 0 aliphatic heterocycles. The summed E-state index contributed by atoms with van der Waals surface area (Å²) in [5.74, 6) is -0.948. The van der Waals surface area contributed by atoms with Crippen molar-refractivity contribution in [1.82, 2.24) is 0 Å². The van der Waals surface area contributed by atoms with Crippen molar-refractivity contribution in [3.05, 3.63) is 120 Å². The topological polar surface area (TPSA) is 63.4 Å². The van der Waals surface area contributed by atoms with Gasteiger partial charge in [-0.05, 0) is 57.9 Å². The maximum atomic E-state index is 13.9. The van der Waals surface area contributed by atoms with E-state index in [-0.39, 0.29) is 17.0 Å². The fourth-order valence-corrected chi connectivity index (χ4v) is 4.02. The van der Waals surface area contributed by atoms with E-state index in [4.69, 9.17) is 5.73 Å². The van der Waals surface area contributed by atoms with E-state index < -0.39 is 5.91 Å². The van der Waals surface area contributed by atoms with E-state index >= 15 is 0 Å². The van der Waals surface area contributed by atoms with E-state index in [9.17, 15) is 9.59 Å². The largest absolute Gasteiger partial charge is 0.366 e. The standard InChI is InChI=1S/C28H20N2O2/c29-27(31)25-11-5-6-12-26(25)28(32)30(23-15-13-19-7-1-3-9-21(19)17-23)24-16-14-20-8-2-4-10-22(20)18-24/h1-18H,(H2,29,31). The minimum absolute atomic E-state index is 0.198. The zero-order chi connectivity index (χ0) is 22.1. The molecule has 5 rings (SSSR count). The molecule has 0 bridgehead atoms. The third kappa shape index (κ3) is 3.48. The molecule has 32 heavy (non-hydrogen) atoms. The van der Waals surface area contributed by atoms with Crippen LogP contribution in [-0.2, 0) is 0 Å². The van der Waals surface area contributed by atoms with Gasteiger partial charge in [0, 0.05) is 11.4 Å². The summed E-state index contributed by atoms with van der Waals surface area (Å²) in [4.78, 5) is 27.5. The highest BCUT2D eigenvalue weighted by atomic mass is 16.2. The summed E-state index contributed by atoms with van der Waals surface area (Å²) in [7, 11) is 0. The van der Waals surface area contributed by atoms with Crippen LogP contribution in [0.5, 0.6) is 0 Å². The van der Waals surface area contributed by atoms with Crippen LogP contribution < -0.4 is 10.6 Å². The number of carbonyl (C=O) groups excluding carboxylic acids is 2. The summed E-state index contributed by atoms with van der Waals surface area (Å²) in [6, 6.07) is 34.4. The summed E-state index contributed by atoms with van der Waals surface area (Å²) >= 11 is 0. The number of anilines is 2. The Morgan fingerprint density at radius 1 is 0.531 bits per heavy atom. The smallest absolute Gasteiger partial charge is 0.263 e. The van der Waals surface area contributed by atoms with Gasteiger partial charge in [0.15, 0.2) is 0 Å². The minimum atomic E-state index is -0.633. The molecule has 0 radical (unpaired) electrons. The van der Waals surface area contributed by atoms with Crippen molar-refractivity contribution in [2.75, 3.05) is 4.90 Å². The Bertz CT molecular complexity index is 1410. The summed E-state index contributed by atoms with van der Waals surface area (Å²) < 4.78 is 0. The second-order valence-electron chi connectivity index (χ2n) is 7.61. The molecular weight excluding hydrogens is 396 g/mol. The normalized spacial score (nSPS) is 10.9. The van der Waals surface area contributed by atoms with Gasteiger partial charge in [0.25, 0.3) is 5.91 Å². The van der Waals surface area contributed by atoms with Crippen LogP contribution in [0.15, 0.2) is 109 Å². The first kappa shape index (κ1) is 19.5. The zero-order valence-electron chi connectivity index (χ0n) is 17.2. The molecule has 5 aromatic carbocycles. The van der Waals surface area contributed by atoms with Crippen LogP contribution in [0.25, 0.3) is 21.5 Å². The Morgan fingerprint density at radius 2 is 0.969 bits per heavy atom. The van der Waals surface area contributed by atoms with Crippen molar-refractivity contribution in [2.45, 2.75) is 0 Å². The molecule has 0 aliphatic rings. The van der Waals surface area contributed by atoms with Gasteiger partial charge in [-0.3, -0.25) is 14.5 Å². The van der Waals surface area contributed by atoms with Gasteiger partial charge in [-0.2, -0.15) is 0 Å². The van der Waals surface area contributed by atoms with E-state index in [1.54, 1.807) is 29.2 Å². The summed E-state index contributed by atoms with van der Waals surface area (Å²) in [6.45, 7) is 0. The van der Waals surface area contributed by atoms with Crippen molar-refractivity contribution >= 4 is 44.7 Å². The maximum absolute atomic E-state index is 13.9. The van der Waals surface area contributed by atoms with Crippen LogP contribution in [0.4, 0.5) is 11.4 Å². The second-order valence-corrected chi connectivity index (χ2v) is 7.61. The van der Waals surface area contributed by atoms with Gasteiger partial charge in [0.1, 0.15) is 0 Å². The van der Waals surface area contributed by atoms with Gasteiger partial charge in [-0.1, -0.05) is 72.8 Å². The van der Waals surface area contributed by atoms with Crippen LogP contribution in [0.3, 0.4) is 0 Å². The lowest BCUT2D eigenvalue weighted by Crippen LogP contribution is -2.28. The molecule has 2 N–H and O–H groups in total. The van der Waals surface area contributed by atoms with Crippen LogP contribution in [0.1, 0.15) is 20.7 Å². The molecule has 0 saturated carbocycles. The molecular formula is C28H20N2O2. The average molecular weight is 416 g/mol. The quantitative estimate of drug-likeness (QED) is 0.386. The number of nitrogens with two attached hydrogens (primary N) is 1. The molecule has 0 aliphatic carbocycles. The highest BCUT2D eigenvalue weighted by Crippen LogP contribution is 2.33. The Kier molecular flexibility index (Phi) is 4.88. The molecule has 4 heteroatoms. The molecule has 2 amide bonds. The number of hydrogen-bond donors (Lipinski definition) is 1. The predicted octanol–water partition coefficient (Wildman–Crippen LogP) is 6.07. The molecule has 0 spiro atoms. The third-order valence-corrected chi connectivity index (χ3v) is 5.61. The minimum Gasteiger partial charge on any atom is -0.366 e. The molecule has 5 aromatic rings. The fourth-order valence-electron chi connectivity index (χ4n) is 4.02. The second kappa shape index (κ2) is 8.00. The number of hydrogen-bond acceptors (Lipinski definition) is 2. The Hall–Kier alpha value is -4.44. The highest BCUT2D eigenvalue weighted by molar-refractivity contribution is 6.17. The number of amides is 2. The zero-order valence-corrected chi connectivity index (χ0v) is 17.2. The van der Waals surface area contributed by atoms with Crippen LogP contribution in [-0.4, -0.2) is 11.8 Å². The van der Waals surface area contributed by atoms with E-state index in [0.717, 1.165) is 21.5 Å². The molecule has 0 fully saturated rings. The molecule has 0 unspecified atom stereocenters. The van der Waals surface area contributed by atoms with Crippen molar-refractivity contribution in [1.29, 1.82) is 0 Å². The van der Waals surface area contributed by atoms with Crippen LogP contribution in [0, 0.1) is 0 Å². The first-order valence-corrected chi connectivity index (χ1v) is 10.3. The van der Waals surface area contributed by atoms with Gasteiger partial charge in [0.05, 0.1) is 11.1 Å². The predicted molar refractivity (Wildman–Crippen MR) is 129 cm³/mol. The maximum Gasteiger partial charge on any atom is 0.263 e. The van der Waals surface area contributed by atoms with Gasteiger partial charge in [-0.15, -0.1) is 0 Å².